The topological polar surface area (TPSA) is 54.9 Å². The summed E-state index contributed by atoms with van der Waals surface area (Å²) >= 11 is 1.47. The molecule has 0 aromatic carbocycles. The van der Waals surface area contributed by atoms with Crippen molar-refractivity contribution in [3.8, 4) is 0 Å². The Hall–Kier alpha value is -0.940. The smallest absolute Gasteiger partial charge is 0.274 e. The summed E-state index contributed by atoms with van der Waals surface area (Å²) in [7, 11) is 0. The van der Waals surface area contributed by atoms with Crippen LogP contribution in [0.1, 0.15) is 0 Å². The Bertz CT molecular complexity index is 449. The molecule has 1 aliphatic rings. The number of H-pyrrole nitrogens is 1. The van der Waals surface area contributed by atoms with Gasteiger partial charge in [0.2, 0.25) is 0 Å². The molecule has 0 fully saturated rings. The molecule has 1 aromatic rings. The molecule has 0 saturated heterocycles. The van der Waals surface area contributed by atoms with Crippen molar-refractivity contribution in [2.45, 2.75) is 5.03 Å². The van der Waals surface area contributed by atoms with Gasteiger partial charge in [-0.05, 0) is 0 Å². The molecule has 2 heterocycles. The molecule has 70 valence electrons. The van der Waals surface area contributed by atoms with Crippen molar-refractivity contribution >= 4 is 30.4 Å². The maximum atomic E-state index is 11.1. The monoisotopic (exact) mass is 218 g/mol. The normalized spacial score (nSPS) is 13.2. The first-order valence-corrected chi connectivity index (χ1v) is 4.41. The lowest BCUT2D eigenvalue weighted by Crippen LogP contribution is -2.28. The molecule has 0 unspecified atom stereocenters. The molecule has 0 bridgehead atoms. The molecule has 0 aliphatic carbocycles. The van der Waals surface area contributed by atoms with Crippen molar-refractivity contribution in [3.05, 3.63) is 33.0 Å². The van der Waals surface area contributed by atoms with Crippen LogP contribution in [0.3, 0.4) is 0 Å². The number of aromatic amines is 1. The van der Waals surface area contributed by atoms with Crippen molar-refractivity contribution in [1.29, 1.82) is 0 Å². The minimum atomic E-state index is -0.374. The number of fused-ring (bicyclic) bond motifs is 1. The predicted octanol–water partition coefficient (Wildman–Crippen LogP) is 0.535. The molecule has 4 nitrogen and oxygen atoms in total. The second-order valence-corrected chi connectivity index (χ2v) is 3.38. The third kappa shape index (κ3) is 1.87. The van der Waals surface area contributed by atoms with Gasteiger partial charge in [0.15, 0.2) is 0 Å². The van der Waals surface area contributed by atoms with Gasteiger partial charge in [-0.15, -0.1) is 24.2 Å². The van der Waals surface area contributed by atoms with E-state index in [-0.39, 0.29) is 23.7 Å². The summed E-state index contributed by atoms with van der Waals surface area (Å²) in [6.45, 7) is 0. The van der Waals surface area contributed by atoms with Crippen LogP contribution in [0, 0.1) is 0 Å². The lowest BCUT2D eigenvalue weighted by atomic mass is 10.6. The van der Waals surface area contributed by atoms with Crippen LogP contribution in [0.15, 0.2) is 26.8 Å². The van der Waals surface area contributed by atoms with Gasteiger partial charge in [-0.3, -0.25) is 14.3 Å². The molecule has 6 heteroatoms. The fourth-order valence-corrected chi connectivity index (χ4v) is 1.84. The fourth-order valence-electron chi connectivity index (χ4n) is 1.02. The van der Waals surface area contributed by atoms with Crippen LogP contribution < -0.4 is 11.2 Å². The predicted molar refractivity (Wildman–Crippen MR) is 54.6 cm³/mol. The minimum Gasteiger partial charge on any atom is -0.274 e. The number of nitrogens with zero attached hydrogens (tertiary/aromatic N) is 1. The number of hydrogen-bond acceptors (Lipinski definition) is 3. The maximum absolute atomic E-state index is 11.1. The zero-order valence-corrected chi connectivity index (χ0v) is 8.15. The maximum Gasteiger partial charge on any atom is 0.333 e. The van der Waals surface area contributed by atoms with Gasteiger partial charge in [0, 0.05) is 18.0 Å². The Labute approximate surface area is 84.1 Å². The van der Waals surface area contributed by atoms with Gasteiger partial charge in [-0.2, -0.15) is 0 Å². The van der Waals surface area contributed by atoms with Crippen LogP contribution in [0.2, 0.25) is 0 Å². The molecule has 1 aliphatic heterocycles. The lowest BCUT2D eigenvalue weighted by Gasteiger charge is -2.09. The van der Waals surface area contributed by atoms with Gasteiger partial charge in [0.1, 0.15) is 0 Å². The standard InChI is InChI=1S/C7H6N2O2S.ClH/c10-5-4-6-9(7(11)8-5)2-1-3-12-6;/h1-2,4H,3H2,(H,8,10,11);1H. The summed E-state index contributed by atoms with van der Waals surface area (Å²) in [5.41, 5.74) is -0.713. The number of hydrogen-bond donors (Lipinski definition) is 1. The van der Waals surface area contributed by atoms with E-state index in [1.807, 2.05) is 6.08 Å². The van der Waals surface area contributed by atoms with E-state index in [2.05, 4.69) is 4.98 Å². The molecule has 0 radical (unpaired) electrons. The van der Waals surface area contributed by atoms with Crippen LogP contribution >= 0.6 is 24.2 Å². The van der Waals surface area contributed by atoms with Crippen molar-refractivity contribution in [2.24, 2.45) is 0 Å². The fraction of sp³-hybridized carbons (Fsp3) is 0.143. The van der Waals surface area contributed by atoms with Crippen LogP contribution in [0.5, 0.6) is 0 Å². The second-order valence-electron chi connectivity index (χ2n) is 2.34. The van der Waals surface area contributed by atoms with E-state index in [0.717, 1.165) is 5.75 Å². The van der Waals surface area contributed by atoms with Crippen molar-refractivity contribution in [2.75, 3.05) is 5.75 Å². The number of rotatable bonds is 0. The Balaban J connectivity index is 0.000000845. The first-order chi connectivity index (χ1) is 5.77. The SMILES string of the molecule is Cl.O=c1cc2n(c(=O)[nH]1)C=CCS2. The highest BCUT2D eigenvalue weighted by molar-refractivity contribution is 7.99. The van der Waals surface area contributed by atoms with Gasteiger partial charge >= 0.3 is 5.69 Å². The zero-order valence-electron chi connectivity index (χ0n) is 6.52. The third-order valence-electron chi connectivity index (χ3n) is 1.52. The highest BCUT2D eigenvalue weighted by Crippen LogP contribution is 2.18. The molecule has 13 heavy (non-hydrogen) atoms. The molecule has 2 rings (SSSR count). The van der Waals surface area contributed by atoms with E-state index in [4.69, 9.17) is 0 Å². The largest absolute Gasteiger partial charge is 0.333 e. The van der Waals surface area contributed by atoms with E-state index < -0.39 is 0 Å². The zero-order chi connectivity index (χ0) is 8.55. The van der Waals surface area contributed by atoms with Crippen molar-refractivity contribution < 1.29 is 0 Å². The van der Waals surface area contributed by atoms with Crippen LogP contribution in [0.4, 0.5) is 0 Å². The summed E-state index contributed by atoms with van der Waals surface area (Å²) < 4.78 is 1.43. The highest BCUT2D eigenvalue weighted by atomic mass is 35.5. The lowest BCUT2D eigenvalue weighted by molar-refractivity contribution is 0.841. The molecule has 1 aromatic heterocycles. The summed E-state index contributed by atoms with van der Waals surface area (Å²) in [6.07, 6.45) is 3.54. The summed E-state index contributed by atoms with van der Waals surface area (Å²) in [5.74, 6) is 0.808. The van der Waals surface area contributed by atoms with E-state index >= 15 is 0 Å². The van der Waals surface area contributed by atoms with E-state index in [0.29, 0.717) is 5.03 Å². The average molecular weight is 219 g/mol. The van der Waals surface area contributed by atoms with Crippen molar-refractivity contribution in [3.63, 3.8) is 0 Å². The molecule has 0 amide bonds. The summed E-state index contributed by atoms with van der Waals surface area (Å²) in [6, 6.07) is 1.43. The highest BCUT2D eigenvalue weighted by Gasteiger charge is 2.06. The first-order valence-electron chi connectivity index (χ1n) is 3.43. The van der Waals surface area contributed by atoms with Crippen molar-refractivity contribution in [1.82, 2.24) is 9.55 Å². The molecular formula is C7H7ClN2O2S. The third-order valence-corrected chi connectivity index (χ3v) is 2.49. The van der Waals surface area contributed by atoms with Gasteiger partial charge < -0.3 is 0 Å². The number of halogens is 1. The molecule has 0 spiro atoms. The van der Waals surface area contributed by atoms with Gasteiger partial charge in [-0.1, -0.05) is 6.08 Å². The first kappa shape index (κ1) is 10.1. The summed E-state index contributed by atoms with van der Waals surface area (Å²) in [4.78, 5) is 24.2. The number of aromatic nitrogens is 2. The molecular weight excluding hydrogens is 212 g/mol. The molecule has 0 saturated carbocycles. The van der Waals surface area contributed by atoms with Crippen LogP contribution in [-0.4, -0.2) is 15.3 Å². The van der Waals surface area contributed by atoms with E-state index in [1.165, 1.54) is 22.4 Å². The van der Waals surface area contributed by atoms with Crippen LogP contribution in [0.25, 0.3) is 6.20 Å². The van der Waals surface area contributed by atoms with E-state index in [1.54, 1.807) is 6.20 Å². The minimum absolute atomic E-state index is 0. The Kier molecular flexibility index (Phi) is 3.00. The Morgan fingerprint density at radius 1 is 1.46 bits per heavy atom. The quantitative estimate of drug-likeness (QED) is 0.647. The van der Waals surface area contributed by atoms with Gasteiger partial charge in [-0.25, -0.2) is 4.79 Å². The van der Waals surface area contributed by atoms with Gasteiger partial charge in [0.05, 0.1) is 5.03 Å². The Morgan fingerprint density at radius 2 is 2.23 bits per heavy atom. The Morgan fingerprint density at radius 3 is 3.00 bits per heavy atom. The van der Waals surface area contributed by atoms with Crippen LogP contribution in [-0.2, 0) is 0 Å². The number of nitrogens with one attached hydrogen (secondary N) is 1. The molecule has 1 N–H and O–H groups in total. The number of thioether (sulfide) groups is 1. The summed E-state index contributed by atoms with van der Waals surface area (Å²) in [5, 5.41) is 0.700. The average Bonchev–Trinajstić information content (AvgIpc) is 2.04. The van der Waals surface area contributed by atoms with Gasteiger partial charge in [0.25, 0.3) is 5.56 Å². The second kappa shape index (κ2) is 3.85. The van der Waals surface area contributed by atoms with E-state index in [9.17, 15) is 9.59 Å². The molecule has 0 atom stereocenters.